The summed E-state index contributed by atoms with van der Waals surface area (Å²) in [4.78, 5) is 20.1. The normalized spacial score (nSPS) is 11.7. The topological polar surface area (TPSA) is 74.6 Å². The smallest absolute Gasteiger partial charge is 0.227 e. The molecule has 7 nitrogen and oxygen atoms in total. The van der Waals surface area contributed by atoms with Crippen LogP contribution in [-0.4, -0.2) is 29.1 Å². The van der Waals surface area contributed by atoms with E-state index in [2.05, 4.69) is 155 Å². The molecule has 9 aromatic carbocycles. The average molecular weight is 833 g/mol. The van der Waals surface area contributed by atoms with Gasteiger partial charge in [-0.1, -0.05) is 158 Å². The number of rotatable bonds is 7. The van der Waals surface area contributed by atoms with Gasteiger partial charge in [0.05, 0.1) is 27.8 Å². The number of para-hydroxylation sites is 3. The van der Waals surface area contributed by atoms with Crippen LogP contribution in [0.1, 0.15) is 0 Å². The molecule has 4 heterocycles. The van der Waals surface area contributed by atoms with Gasteiger partial charge in [0.1, 0.15) is 5.52 Å². The molecular weight excluding hydrogens is 797 g/mol. The van der Waals surface area contributed by atoms with Gasteiger partial charge in [-0.2, -0.15) is 0 Å². The Hall–Kier alpha value is -8.94. The molecule has 0 fully saturated rings. The maximum absolute atomic E-state index is 6.69. The van der Waals surface area contributed by atoms with Crippen molar-refractivity contribution in [2.24, 2.45) is 0 Å². The second kappa shape index (κ2) is 14.9. The number of aromatic nitrogens is 6. The fourth-order valence-corrected chi connectivity index (χ4v) is 9.39. The van der Waals surface area contributed by atoms with E-state index in [9.17, 15) is 0 Å². The lowest BCUT2D eigenvalue weighted by atomic mass is 10.0. The first-order valence-electron chi connectivity index (χ1n) is 21.7. The number of oxazole rings is 1. The third kappa shape index (κ3) is 6.05. The van der Waals surface area contributed by atoms with E-state index in [0.29, 0.717) is 23.4 Å². The number of nitrogens with zero attached hydrogens (tertiary/aromatic N) is 6. The Kier molecular flexibility index (Phi) is 8.39. The van der Waals surface area contributed by atoms with Gasteiger partial charge in [0, 0.05) is 49.5 Å². The molecule has 65 heavy (non-hydrogen) atoms. The molecule has 0 spiro atoms. The molecule has 0 saturated carbocycles. The minimum atomic E-state index is 0.593. The zero-order valence-corrected chi connectivity index (χ0v) is 34.9. The van der Waals surface area contributed by atoms with Crippen LogP contribution in [0.5, 0.6) is 0 Å². The molecule has 0 aliphatic heterocycles. The summed E-state index contributed by atoms with van der Waals surface area (Å²) in [5.41, 5.74) is 13.8. The minimum absolute atomic E-state index is 0.593. The first-order valence-corrected chi connectivity index (χ1v) is 21.7. The van der Waals surface area contributed by atoms with Crippen molar-refractivity contribution in [3.63, 3.8) is 0 Å². The van der Waals surface area contributed by atoms with E-state index in [0.717, 1.165) is 94.1 Å². The van der Waals surface area contributed by atoms with Gasteiger partial charge in [-0.15, -0.1) is 0 Å². The van der Waals surface area contributed by atoms with Gasteiger partial charge >= 0.3 is 0 Å². The highest BCUT2D eigenvalue weighted by atomic mass is 16.3. The van der Waals surface area contributed by atoms with Crippen LogP contribution in [-0.2, 0) is 0 Å². The van der Waals surface area contributed by atoms with Crippen LogP contribution in [0.15, 0.2) is 223 Å². The Morgan fingerprint density at radius 3 is 1.35 bits per heavy atom. The Morgan fingerprint density at radius 2 is 0.754 bits per heavy atom. The second-order valence-electron chi connectivity index (χ2n) is 16.2. The van der Waals surface area contributed by atoms with E-state index in [1.54, 1.807) is 0 Å². The predicted octanol–water partition coefficient (Wildman–Crippen LogP) is 14.5. The third-order valence-electron chi connectivity index (χ3n) is 12.4. The molecule has 0 amide bonds. The van der Waals surface area contributed by atoms with Gasteiger partial charge in [-0.25, -0.2) is 19.9 Å². The van der Waals surface area contributed by atoms with E-state index in [1.807, 2.05) is 72.8 Å². The largest absolute Gasteiger partial charge is 0.434 e. The molecule has 7 heteroatoms. The Bertz CT molecular complexity index is 3910. The highest BCUT2D eigenvalue weighted by Crippen LogP contribution is 2.43. The standard InChI is InChI=1S/C58H36N6O/c1-4-15-37(16-5-1)38-27-29-40(30-28-38)56-60-55(39-17-6-2-7-18-39)61-57(62-56)41-31-33-43(34-32-41)63-49-24-12-10-21-44(49)46-35-36-47-45-22-11-13-25-50(45)64(53(47)52(46)63)51-26-14-23-48-54(51)65-58(59-48)42-19-8-3-9-20-42/h1-36H. The van der Waals surface area contributed by atoms with Crippen molar-refractivity contribution < 1.29 is 4.42 Å². The molecule has 0 radical (unpaired) electrons. The zero-order chi connectivity index (χ0) is 42.8. The number of benzene rings is 9. The van der Waals surface area contributed by atoms with Gasteiger partial charge in [0.2, 0.25) is 5.89 Å². The molecule has 0 unspecified atom stereocenters. The predicted molar refractivity (Wildman–Crippen MR) is 263 cm³/mol. The monoisotopic (exact) mass is 832 g/mol. The zero-order valence-electron chi connectivity index (χ0n) is 34.9. The average Bonchev–Trinajstić information content (AvgIpc) is 4.08. The van der Waals surface area contributed by atoms with Crippen LogP contribution in [0, 0.1) is 0 Å². The van der Waals surface area contributed by atoms with Gasteiger partial charge < -0.3 is 13.6 Å². The summed E-state index contributed by atoms with van der Waals surface area (Å²) in [6.45, 7) is 0. The Balaban J connectivity index is 0.997. The fraction of sp³-hybridized carbons (Fsp3) is 0. The minimum Gasteiger partial charge on any atom is -0.434 e. The van der Waals surface area contributed by atoms with Gasteiger partial charge in [-0.3, -0.25) is 0 Å². The lowest BCUT2D eigenvalue weighted by Crippen LogP contribution is -2.01. The number of fused-ring (bicyclic) bond motifs is 8. The van der Waals surface area contributed by atoms with E-state index >= 15 is 0 Å². The van der Waals surface area contributed by atoms with Crippen molar-refractivity contribution in [2.75, 3.05) is 0 Å². The summed E-state index contributed by atoms with van der Waals surface area (Å²) in [7, 11) is 0. The van der Waals surface area contributed by atoms with Crippen LogP contribution in [0.4, 0.5) is 0 Å². The van der Waals surface area contributed by atoms with Crippen LogP contribution < -0.4 is 0 Å². The van der Waals surface area contributed by atoms with Crippen LogP contribution in [0.3, 0.4) is 0 Å². The Morgan fingerprint density at radius 1 is 0.308 bits per heavy atom. The van der Waals surface area contributed by atoms with Crippen LogP contribution in [0.2, 0.25) is 0 Å². The van der Waals surface area contributed by atoms with Crippen LogP contribution in [0.25, 0.3) is 123 Å². The maximum Gasteiger partial charge on any atom is 0.227 e. The highest BCUT2D eigenvalue weighted by molar-refractivity contribution is 6.24. The molecule has 13 aromatic rings. The lowest BCUT2D eigenvalue weighted by Gasteiger charge is -2.13. The van der Waals surface area contributed by atoms with Crippen LogP contribution >= 0.6 is 0 Å². The van der Waals surface area contributed by atoms with Crippen molar-refractivity contribution in [2.45, 2.75) is 0 Å². The van der Waals surface area contributed by atoms with Gasteiger partial charge in [-0.05, 0) is 71.8 Å². The second-order valence-corrected chi connectivity index (χ2v) is 16.2. The quantitative estimate of drug-likeness (QED) is 0.160. The molecule has 304 valence electrons. The van der Waals surface area contributed by atoms with Crippen molar-refractivity contribution >= 4 is 54.7 Å². The molecule has 0 N–H and O–H groups in total. The maximum atomic E-state index is 6.69. The molecule has 0 saturated heterocycles. The molecule has 0 aliphatic rings. The van der Waals surface area contributed by atoms with E-state index in [-0.39, 0.29) is 0 Å². The highest BCUT2D eigenvalue weighted by Gasteiger charge is 2.24. The van der Waals surface area contributed by atoms with Crippen molar-refractivity contribution in [1.29, 1.82) is 0 Å². The SMILES string of the molecule is c1ccc(-c2ccc(-c3nc(-c4ccccc4)nc(-c4ccc(-n5c6ccccc6c6ccc7c8ccccc8n(-c8cccc9nc(-c%10ccccc%10)oc89)c7c65)cc4)n3)cc2)cc1. The van der Waals surface area contributed by atoms with E-state index in [4.69, 9.17) is 24.4 Å². The summed E-state index contributed by atoms with van der Waals surface area (Å²) >= 11 is 0. The van der Waals surface area contributed by atoms with Gasteiger partial charge in [0.15, 0.2) is 23.1 Å². The first-order chi connectivity index (χ1) is 32.2. The van der Waals surface area contributed by atoms with Crippen molar-refractivity contribution in [3.05, 3.63) is 218 Å². The molecule has 0 atom stereocenters. The van der Waals surface area contributed by atoms with E-state index in [1.165, 1.54) is 5.39 Å². The van der Waals surface area contributed by atoms with Gasteiger partial charge in [0.25, 0.3) is 0 Å². The molecule has 0 bridgehead atoms. The Labute approximate surface area is 373 Å². The summed E-state index contributed by atoms with van der Waals surface area (Å²) < 4.78 is 11.4. The molecule has 13 rings (SSSR count). The number of hydrogen-bond donors (Lipinski definition) is 0. The van der Waals surface area contributed by atoms with E-state index < -0.39 is 0 Å². The van der Waals surface area contributed by atoms with Crippen molar-refractivity contribution in [3.8, 4) is 68.1 Å². The molecule has 4 aromatic heterocycles. The molecular formula is C58H36N6O. The van der Waals surface area contributed by atoms with Crippen molar-refractivity contribution in [1.82, 2.24) is 29.1 Å². The number of hydrogen-bond acceptors (Lipinski definition) is 5. The molecule has 0 aliphatic carbocycles. The lowest BCUT2D eigenvalue weighted by molar-refractivity contribution is 0.618. The first kappa shape index (κ1) is 36.7. The summed E-state index contributed by atoms with van der Waals surface area (Å²) in [5.74, 6) is 2.44. The summed E-state index contributed by atoms with van der Waals surface area (Å²) in [6, 6.07) is 75.7. The fourth-order valence-electron chi connectivity index (χ4n) is 9.39. The summed E-state index contributed by atoms with van der Waals surface area (Å²) in [6.07, 6.45) is 0. The summed E-state index contributed by atoms with van der Waals surface area (Å²) in [5, 5.41) is 4.63. The third-order valence-corrected chi connectivity index (χ3v) is 12.4.